The summed E-state index contributed by atoms with van der Waals surface area (Å²) in [6, 6.07) is -1.13. The van der Waals surface area contributed by atoms with Crippen LogP contribution in [0.5, 0.6) is 0 Å². The van der Waals surface area contributed by atoms with Crippen LogP contribution < -0.4 is 21.9 Å². The zero-order chi connectivity index (χ0) is 52.9. The molecule has 0 radical (unpaired) electrons. The van der Waals surface area contributed by atoms with Crippen LogP contribution in [-0.2, 0) is 46.9 Å². The fraction of sp³-hybridized carbons (Fsp3) is 0.744. The second-order valence-corrected chi connectivity index (χ2v) is 19.4. The Morgan fingerprint density at radius 1 is 0.845 bits per heavy atom. The number of hydrogen-bond donors (Lipinski definition) is 14. The maximum atomic E-state index is 13.8. The standard InChI is InChI=1S/C43H69N4O23P/c1-5-20(2)9-7-6-8-10-21(3)15-22(4)11-12-27(50)44-17-29(52)45-30-34(56)32(54)25(18-48)67-41(30)70-71(63,64)69-38(40(60)61)24(66-42-37(59)35(57)33(55)26(19-49)68-42)16-23-31(53)36(58)39(65-23)47-14-13-28(51)46-43(47)62/h11-15,20-21,23-26,30-39,41-42,48-49,53-59H,5-10,16-19H2,1-4H3,(H,44,50)(H,45,52)(H,60,61)(H,63,64)(H,46,51,62)/b12-11+,22-15+. The van der Waals surface area contributed by atoms with E-state index >= 15 is 0 Å². The highest BCUT2D eigenvalue weighted by atomic mass is 31.2. The topological polar surface area (TPSA) is 425 Å². The summed E-state index contributed by atoms with van der Waals surface area (Å²) in [7, 11) is -5.98. The molecule has 3 saturated heterocycles. The van der Waals surface area contributed by atoms with E-state index in [1.807, 2.05) is 11.1 Å². The van der Waals surface area contributed by atoms with Gasteiger partial charge >= 0.3 is 19.5 Å². The molecular weight excluding hydrogens is 971 g/mol. The number of aliphatic hydroxyl groups excluding tert-OH is 9. The predicted molar refractivity (Wildman–Crippen MR) is 241 cm³/mol. The Bertz CT molecular complexity index is 2120. The number of phosphoric acid groups is 1. The molecule has 4 heterocycles. The molecule has 14 N–H and O–H groups in total. The molecule has 1 aromatic rings. The van der Waals surface area contributed by atoms with Gasteiger partial charge in [0.15, 0.2) is 24.9 Å². The molecule has 19 unspecified atom stereocenters. The summed E-state index contributed by atoms with van der Waals surface area (Å²) >= 11 is 0. The first kappa shape index (κ1) is 59.7. The number of carboxylic acid groups (broad SMARTS) is 1. The molecule has 0 saturated carbocycles. The summed E-state index contributed by atoms with van der Waals surface area (Å²) in [6.45, 7) is 5.48. The van der Waals surface area contributed by atoms with Crippen molar-refractivity contribution >= 4 is 25.6 Å². The molecule has 0 bridgehead atoms. The van der Waals surface area contributed by atoms with E-state index in [1.54, 1.807) is 13.0 Å². The Labute approximate surface area is 407 Å². The van der Waals surface area contributed by atoms with E-state index in [9.17, 15) is 84.5 Å². The van der Waals surface area contributed by atoms with Crippen molar-refractivity contribution in [2.24, 2.45) is 11.8 Å². The number of ether oxygens (including phenoxy) is 4. The van der Waals surface area contributed by atoms with Crippen molar-refractivity contribution in [1.82, 2.24) is 20.2 Å². The SMILES string of the molecule is CCC(C)CCCCCC(C)/C=C(C)/C=C/C(=O)NCC(=O)NC1C(OP(=O)(O)OC(C(=O)O)C(CC2OC(n3ccc(=O)[nH]c3=O)C(O)C2O)OC2OC(CO)C(O)C(O)C2O)OC(CO)C(O)C1O. The molecule has 28 heteroatoms. The molecular formula is C43H69N4O23P. The number of aromatic nitrogens is 2. The lowest BCUT2D eigenvalue weighted by Crippen LogP contribution is -2.65. The molecule has 404 valence electrons. The lowest BCUT2D eigenvalue weighted by molar-refractivity contribution is -0.318. The minimum atomic E-state index is -5.98. The van der Waals surface area contributed by atoms with E-state index < -0.39 is 161 Å². The van der Waals surface area contributed by atoms with Crippen LogP contribution in [-0.4, -0.2) is 195 Å². The van der Waals surface area contributed by atoms with Gasteiger partial charge in [0.05, 0.1) is 25.9 Å². The molecule has 1 aromatic heterocycles. The number of carbonyl (C=O) groups excluding carboxylic acids is 2. The first-order valence-corrected chi connectivity index (χ1v) is 24.7. The zero-order valence-corrected chi connectivity index (χ0v) is 40.5. The first-order chi connectivity index (χ1) is 33.4. The van der Waals surface area contributed by atoms with Crippen LogP contribution in [0.25, 0.3) is 0 Å². The van der Waals surface area contributed by atoms with E-state index in [4.69, 9.17) is 28.0 Å². The number of nitrogens with one attached hydrogen (secondary N) is 3. The van der Waals surface area contributed by atoms with Gasteiger partial charge in [-0.15, -0.1) is 0 Å². The van der Waals surface area contributed by atoms with Gasteiger partial charge in [-0.25, -0.2) is 14.2 Å². The van der Waals surface area contributed by atoms with Gasteiger partial charge in [0.1, 0.15) is 67.1 Å². The van der Waals surface area contributed by atoms with E-state index in [-0.39, 0.29) is 5.92 Å². The zero-order valence-electron chi connectivity index (χ0n) is 39.6. The van der Waals surface area contributed by atoms with Crippen molar-refractivity contribution in [3.05, 3.63) is 56.9 Å². The van der Waals surface area contributed by atoms with Gasteiger partial charge in [0.2, 0.25) is 11.8 Å². The number of aliphatic carboxylic acids is 1. The molecule has 71 heavy (non-hydrogen) atoms. The van der Waals surface area contributed by atoms with E-state index in [2.05, 4.69) is 31.4 Å². The quantitative estimate of drug-likeness (QED) is 0.0185. The van der Waals surface area contributed by atoms with E-state index in [0.717, 1.165) is 49.9 Å². The summed E-state index contributed by atoms with van der Waals surface area (Å²) in [4.78, 5) is 75.8. The third-order valence-corrected chi connectivity index (χ3v) is 13.3. The summed E-state index contributed by atoms with van der Waals surface area (Å²) < 4.78 is 46.6. The molecule has 0 spiro atoms. The van der Waals surface area contributed by atoms with Crippen molar-refractivity contribution in [2.75, 3.05) is 19.8 Å². The van der Waals surface area contributed by atoms with E-state index in [0.29, 0.717) is 10.5 Å². The molecule has 0 aromatic carbocycles. The number of carboxylic acids is 1. The normalized spacial score (nSPS) is 33.0. The maximum Gasteiger partial charge on any atom is 0.475 e. The number of hydrogen-bond acceptors (Lipinski definition) is 21. The number of rotatable bonds is 26. The molecule has 0 aliphatic carbocycles. The number of phosphoric ester groups is 1. The Kier molecular flexibility index (Phi) is 23.1. The van der Waals surface area contributed by atoms with Crippen LogP contribution in [0.15, 0.2) is 45.7 Å². The number of allylic oxidation sites excluding steroid dienone is 3. The molecule has 3 fully saturated rings. The van der Waals surface area contributed by atoms with Crippen LogP contribution in [0, 0.1) is 11.8 Å². The van der Waals surface area contributed by atoms with Gasteiger partial charge in [0.25, 0.3) is 5.56 Å². The summed E-state index contributed by atoms with van der Waals surface area (Å²) in [5.74, 6) is -2.98. The highest BCUT2D eigenvalue weighted by Gasteiger charge is 2.53. The van der Waals surface area contributed by atoms with E-state index in [1.165, 1.54) is 12.5 Å². The van der Waals surface area contributed by atoms with Gasteiger partial charge in [-0.2, -0.15) is 0 Å². The molecule has 2 amide bonds. The Balaban J connectivity index is 1.50. The third-order valence-electron chi connectivity index (χ3n) is 12.4. The van der Waals surface area contributed by atoms with Crippen LogP contribution in [0.3, 0.4) is 0 Å². The lowest BCUT2D eigenvalue weighted by atomic mass is 9.97. The Morgan fingerprint density at radius 2 is 1.46 bits per heavy atom. The van der Waals surface area contributed by atoms with Crippen molar-refractivity contribution in [3.63, 3.8) is 0 Å². The fourth-order valence-corrected chi connectivity index (χ4v) is 9.11. The van der Waals surface area contributed by atoms with Crippen LogP contribution >= 0.6 is 7.82 Å². The van der Waals surface area contributed by atoms with Crippen molar-refractivity contribution in [2.45, 2.75) is 171 Å². The Hall–Kier alpha value is -3.84. The average Bonchev–Trinajstić information content (AvgIpc) is 3.59. The van der Waals surface area contributed by atoms with Crippen LogP contribution in [0.2, 0.25) is 0 Å². The number of aromatic amines is 1. The first-order valence-electron chi connectivity index (χ1n) is 23.2. The minimum absolute atomic E-state index is 0.242. The van der Waals surface area contributed by atoms with Gasteiger partial charge in [0, 0.05) is 24.8 Å². The number of carbonyl (C=O) groups is 3. The molecule has 4 rings (SSSR count). The minimum Gasteiger partial charge on any atom is -0.479 e. The third kappa shape index (κ3) is 16.8. The van der Waals surface area contributed by atoms with Crippen LogP contribution in [0.4, 0.5) is 0 Å². The largest absolute Gasteiger partial charge is 0.479 e. The van der Waals surface area contributed by atoms with Gasteiger partial charge < -0.3 is 85.5 Å². The van der Waals surface area contributed by atoms with Gasteiger partial charge in [-0.3, -0.25) is 33.0 Å². The van der Waals surface area contributed by atoms with Crippen molar-refractivity contribution < 1.29 is 103 Å². The second kappa shape index (κ2) is 27.4. The number of aliphatic hydroxyl groups is 9. The second-order valence-electron chi connectivity index (χ2n) is 18.0. The van der Waals surface area contributed by atoms with Gasteiger partial charge in [-0.05, 0) is 25.2 Å². The number of amides is 2. The summed E-state index contributed by atoms with van der Waals surface area (Å²) in [5, 5.41) is 109. The molecule has 3 aliphatic rings. The average molecular weight is 1040 g/mol. The summed E-state index contributed by atoms with van der Waals surface area (Å²) in [5.41, 5.74) is -1.16. The molecule has 19 atom stereocenters. The fourth-order valence-electron chi connectivity index (χ4n) is 8.11. The van der Waals surface area contributed by atoms with Gasteiger partial charge in [-0.1, -0.05) is 70.6 Å². The molecule has 27 nitrogen and oxygen atoms in total. The smallest absolute Gasteiger partial charge is 0.475 e. The lowest BCUT2D eigenvalue weighted by Gasteiger charge is -2.43. The monoisotopic (exact) mass is 1040 g/mol. The highest BCUT2D eigenvalue weighted by molar-refractivity contribution is 7.47. The highest BCUT2D eigenvalue weighted by Crippen LogP contribution is 2.49. The number of unbranched alkanes of at least 4 members (excludes halogenated alkanes) is 2. The Morgan fingerprint density at radius 3 is 2.08 bits per heavy atom. The summed E-state index contributed by atoms with van der Waals surface area (Å²) in [6.07, 6.45) is -19.7. The van der Waals surface area contributed by atoms with Crippen LogP contribution in [0.1, 0.15) is 78.9 Å². The molecule has 3 aliphatic heterocycles. The maximum absolute atomic E-state index is 13.8. The van der Waals surface area contributed by atoms with Crippen molar-refractivity contribution in [1.29, 1.82) is 0 Å². The predicted octanol–water partition coefficient (Wildman–Crippen LogP) is -3.51. The van der Waals surface area contributed by atoms with Crippen molar-refractivity contribution in [3.8, 4) is 0 Å². The number of H-pyrrole nitrogens is 1. The number of nitrogens with zero attached hydrogens (tertiary/aromatic N) is 1.